The van der Waals surface area contributed by atoms with E-state index in [1.54, 1.807) is 0 Å². The van der Waals surface area contributed by atoms with Gasteiger partial charge < -0.3 is 15.1 Å². The molecule has 0 atom stereocenters. The Morgan fingerprint density at radius 3 is 2.32 bits per heavy atom. The Morgan fingerprint density at radius 1 is 0.806 bits per heavy atom. The number of piperazine rings is 1. The first-order valence-corrected chi connectivity index (χ1v) is 11.1. The van der Waals surface area contributed by atoms with Crippen LogP contribution in [0.2, 0.25) is 0 Å². The Morgan fingerprint density at radius 2 is 1.58 bits per heavy atom. The van der Waals surface area contributed by atoms with Crippen molar-refractivity contribution < 1.29 is 0 Å². The van der Waals surface area contributed by atoms with Crippen LogP contribution < -0.4 is 10.2 Å². The van der Waals surface area contributed by atoms with Crippen LogP contribution in [0.15, 0.2) is 85.1 Å². The van der Waals surface area contributed by atoms with Gasteiger partial charge in [-0.3, -0.25) is 4.98 Å². The lowest BCUT2D eigenvalue weighted by Gasteiger charge is -2.35. The van der Waals surface area contributed by atoms with Gasteiger partial charge in [-0.15, -0.1) is 0 Å². The third-order valence-electron chi connectivity index (χ3n) is 6.18. The van der Waals surface area contributed by atoms with Crippen LogP contribution in [-0.2, 0) is 0 Å². The van der Waals surface area contributed by atoms with Crippen molar-refractivity contribution in [3.05, 3.63) is 85.1 Å². The van der Waals surface area contributed by atoms with Gasteiger partial charge in [0.25, 0.3) is 0 Å². The van der Waals surface area contributed by atoms with Crippen molar-refractivity contribution in [1.29, 1.82) is 0 Å². The number of hydrogen-bond acceptors (Lipinski definition) is 4. The van der Waals surface area contributed by atoms with Gasteiger partial charge in [-0.05, 0) is 60.1 Å². The summed E-state index contributed by atoms with van der Waals surface area (Å²) in [6.07, 6.45) is 1.87. The minimum absolute atomic E-state index is 0.995. The van der Waals surface area contributed by atoms with Crippen LogP contribution in [0.1, 0.15) is 6.92 Å². The number of fused-ring (bicyclic) bond motifs is 1. The third kappa shape index (κ3) is 4.25. The fourth-order valence-corrected chi connectivity index (χ4v) is 4.30. The second kappa shape index (κ2) is 8.78. The summed E-state index contributed by atoms with van der Waals surface area (Å²) in [5, 5.41) is 4.73. The predicted molar refractivity (Wildman–Crippen MR) is 131 cm³/mol. The summed E-state index contributed by atoms with van der Waals surface area (Å²) in [6, 6.07) is 27.8. The molecule has 156 valence electrons. The van der Waals surface area contributed by atoms with Crippen LogP contribution in [0.25, 0.3) is 22.0 Å². The van der Waals surface area contributed by atoms with Gasteiger partial charge in [0, 0.05) is 54.8 Å². The molecule has 1 aliphatic heterocycles. The Kier molecular flexibility index (Phi) is 5.55. The molecule has 1 aliphatic rings. The van der Waals surface area contributed by atoms with Crippen molar-refractivity contribution in [2.75, 3.05) is 42.9 Å². The van der Waals surface area contributed by atoms with E-state index in [0.29, 0.717) is 0 Å². The smallest absolute Gasteiger partial charge is 0.0723 e. The molecular weight excluding hydrogens is 380 g/mol. The quantitative estimate of drug-likeness (QED) is 0.453. The Labute approximate surface area is 184 Å². The highest BCUT2D eigenvalue weighted by Gasteiger charge is 2.15. The van der Waals surface area contributed by atoms with Gasteiger partial charge in [0.05, 0.1) is 5.52 Å². The molecule has 4 heteroatoms. The van der Waals surface area contributed by atoms with E-state index in [4.69, 9.17) is 0 Å². The molecular formula is C27H28N4. The van der Waals surface area contributed by atoms with Crippen molar-refractivity contribution in [3.8, 4) is 11.1 Å². The van der Waals surface area contributed by atoms with Crippen LogP contribution in [-0.4, -0.2) is 42.6 Å². The zero-order chi connectivity index (χ0) is 21.0. The maximum absolute atomic E-state index is 4.56. The topological polar surface area (TPSA) is 31.4 Å². The summed E-state index contributed by atoms with van der Waals surface area (Å²) in [5.41, 5.74) is 6.88. The average molecular weight is 409 g/mol. The van der Waals surface area contributed by atoms with E-state index >= 15 is 0 Å². The van der Waals surface area contributed by atoms with E-state index in [9.17, 15) is 0 Å². The maximum Gasteiger partial charge on any atom is 0.0723 e. The highest BCUT2D eigenvalue weighted by Crippen LogP contribution is 2.30. The largest absolute Gasteiger partial charge is 0.369 e. The zero-order valence-corrected chi connectivity index (χ0v) is 18.0. The van der Waals surface area contributed by atoms with E-state index in [1.165, 1.54) is 16.8 Å². The molecule has 2 heterocycles. The number of nitrogens with one attached hydrogen (secondary N) is 1. The molecule has 0 unspecified atom stereocenters. The minimum Gasteiger partial charge on any atom is -0.369 e. The SMILES string of the molecule is CCN1CCN(c2ccc(Nc3ccnc4ccc(-c5ccccc5)cc34)cc2)CC1. The van der Waals surface area contributed by atoms with Crippen molar-refractivity contribution in [3.63, 3.8) is 0 Å². The molecule has 0 spiro atoms. The third-order valence-corrected chi connectivity index (χ3v) is 6.18. The molecule has 0 bridgehead atoms. The molecule has 1 fully saturated rings. The van der Waals surface area contributed by atoms with Crippen LogP contribution >= 0.6 is 0 Å². The lowest BCUT2D eigenvalue weighted by atomic mass is 10.0. The molecule has 0 aliphatic carbocycles. The molecule has 1 aromatic heterocycles. The van der Waals surface area contributed by atoms with Gasteiger partial charge in [-0.1, -0.05) is 43.3 Å². The van der Waals surface area contributed by atoms with Crippen LogP contribution in [0.5, 0.6) is 0 Å². The number of pyridine rings is 1. The monoisotopic (exact) mass is 408 g/mol. The number of anilines is 3. The number of benzene rings is 3. The first kappa shape index (κ1) is 19.6. The van der Waals surface area contributed by atoms with Gasteiger partial charge in [-0.25, -0.2) is 0 Å². The number of nitrogens with zero attached hydrogens (tertiary/aromatic N) is 3. The first-order chi connectivity index (χ1) is 15.3. The van der Waals surface area contributed by atoms with Crippen LogP contribution in [0.4, 0.5) is 17.1 Å². The van der Waals surface area contributed by atoms with Gasteiger partial charge >= 0.3 is 0 Å². The Balaban J connectivity index is 1.38. The van der Waals surface area contributed by atoms with Gasteiger partial charge in [0.2, 0.25) is 0 Å². The number of hydrogen-bond donors (Lipinski definition) is 1. The summed E-state index contributed by atoms with van der Waals surface area (Å²) in [4.78, 5) is 9.54. The fraction of sp³-hybridized carbons (Fsp3) is 0.222. The van der Waals surface area contributed by atoms with E-state index in [-0.39, 0.29) is 0 Å². The lowest BCUT2D eigenvalue weighted by Crippen LogP contribution is -2.46. The fourth-order valence-electron chi connectivity index (χ4n) is 4.30. The lowest BCUT2D eigenvalue weighted by molar-refractivity contribution is 0.271. The molecule has 4 aromatic rings. The van der Waals surface area contributed by atoms with Gasteiger partial charge in [0.1, 0.15) is 0 Å². The summed E-state index contributed by atoms with van der Waals surface area (Å²) in [6.45, 7) is 7.85. The Hall–Kier alpha value is -3.37. The minimum atomic E-state index is 0.995. The van der Waals surface area contributed by atoms with Crippen LogP contribution in [0, 0.1) is 0 Å². The van der Waals surface area contributed by atoms with E-state index in [0.717, 1.165) is 55.0 Å². The first-order valence-electron chi connectivity index (χ1n) is 11.1. The highest BCUT2D eigenvalue weighted by atomic mass is 15.3. The predicted octanol–water partition coefficient (Wildman–Crippen LogP) is 5.79. The van der Waals surface area contributed by atoms with Crippen molar-refractivity contribution in [2.24, 2.45) is 0 Å². The molecule has 4 nitrogen and oxygen atoms in total. The molecule has 3 aromatic carbocycles. The van der Waals surface area contributed by atoms with Crippen molar-refractivity contribution in [2.45, 2.75) is 6.92 Å². The van der Waals surface area contributed by atoms with Crippen molar-refractivity contribution in [1.82, 2.24) is 9.88 Å². The standard InChI is InChI=1S/C27H28N4/c1-2-30-16-18-31(19-17-30)24-11-9-23(10-12-24)29-27-14-15-28-26-13-8-22(20-25(26)27)21-6-4-3-5-7-21/h3-15,20H,2,16-19H2,1H3,(H,28,29). The summed E-state index contributed by atoms with van der Waals surface area (Å²) >= 11 is 0. The summed E-state index contributed by atoms with van der Waals surface area (Å²) in [7, 11) is 0. The van der Waals surface area contributed by atoms with E-state index < -0.39 is 0 Å². The maximum atomic E-state index is 4.56. The van der Waals surface area contributed by atoms with Gasteiger partial charge in [-0.2, -0.15) is 0 Å². The molecule has 0 saturated carbocycles. The summed E-state index contributed by atoms with van der Waals surface area (Å²) < 4.78 is 0. The molecule has 0 radical (unpaired) electrons. The number of likely N-dealkylation sites (N-methyl/N-ethyl adjacent to an activating group) is 1. The molecule has 5 rings (SSSR count). The van der Waals surface area contributed by atoms with E-state index in [2.05, 4.69) is 99.8 Å². The Bertz CT molecular complexity index is 1150. The molecule has 1 saturated heterocycles. The number of aromatic nitrogens is 1. The van der Waals surface area contributed by atoms with E-state index in [1.807, 2.05) is 12.3 Å². The second-order valence-corrected chi connectivity index (χ2v) is 8.05. The van der Waals surface area contributed by atoms with Crippen LogP contribution in [0.3, 0.4) is 0 Å². The highest BCUT2D eigenvalue weighted by molar-refractivity contribution is 5.95. The second-order valence-electron chi connectivity index (χ2n) is 8.05. The zero-order valence-electron chi connectivity index (χ0n) is 18.0. The normalized spacial score (nSPS) is 14.7. The molecule has 31 heavy (non-hydrogen) atoms. The van der Waals surface area contributed by atoms with Crippen molar-refractivity contribution >= 4 is 28.0 Å². The summed E-state index contributed by atoms with van der Waals surface area (Å²) in [5.74, 6) is 0. The molecule has 0 amide bonds. The van der Waals surface area contributed by atoms with Gasteiger partial charge in [0.15, 0.2) is 0 Å². The number of rotatable bonds is 5. The average Bonchev–Trinajstić information content (AvgIpc) is 2.85. The molecule has 1 N–H and O–H groups in total.